The molecule has 3 N–H and O–H groups in total. The van der Waals surface area contributed by atoms with Crippen molar-refractivity contribution in [3.05, 3.63) is 0 Å². The lowest BCUT2D eigenvalue weighted by molar-refractivity contribution is 0.0952. The Hall–Kier alpha value is -0.210. The Morgan fingerprint density at radius 2 is 2.24 bits per heavy atom. The SMILES string of the molecule is CC1OCCC1(C)NS(=O)(=O)N(C)CCCN. The van der Waals surface area contributed by atoms with Crippen LogP contribution in [0.15, 0.2) is 0 Å². The van der Waals surface area contributed by atoms with Gasteiger partial charge in [0.05, 0.1) is 11.6 Å². The first-order valence-corrected chi connectivity index (χ1v) is 7.33. The van der Waals surface area contributed by atoms with Gasteiger partial charge in [0.2, 0.25) is 0 Å². The van der Waals surface area contributed by atoms with E-state index in [9.17, 15) is 8.42 Å². The summed E-state index contributed by atoms with van der Waals surface area (Å²) in [6, 6.07) is 0. The molecule has 0 aliphatic carbocycles. The third-order valence-corrected chi connectivity index (χ3v) is 5.06. The first-order chi connectivity index (χ1) is 7.82. The lowest BCUT2D eigenvalue weighted by atomic mass is 9.97. The fourth-order valence-corrected chi connectivity index (χ4v) is 3.16. The maximum absolute atomic E-state index is 12.1. The van der Waals surface area contributed by atoms with E-state index in [1.54, 1.807) is 7.05 Å². The average molecular weight is 265 g/mol. The molecule has 0 amide bonds. The van der Waals surface area contributed by atoms with Crippen molar-refractivity contribution in [2.45, 2.75) is 38.3 Å². The molecule has 2 atom stereocenters. The van der Waals surface area contributed by atoms with E-state index in [4.69, 9.17) is 10.5 Å². The van der Waals surface area contributed by atoms with Crippen molar-refractivity contribution in [1.29, 1.82) is 0 Å². The lowest BCUT2D eigenvalue weighted by Crippen LogP contribution is -2.54. The zero-order chi connectivity index (χ0) is 13.1. The van der Waals surface area contributed by atoms with Crippen LogP contribution in [0, 0.1) is 0 Å². The molecule has 0 aromatic heterocycles. The quantitative estimate of drug-likeness (QED) is 0.688. The maximum Gasteiger partial charge on any atom is 0.279 e. The number of hydrogen-bond acceptors (Lipinski definition) is 4. The lowest BCUT2D eigenvalue weighted by Gasteiger charge is -2.30. The summed E-state index contributed by atoms with van der Waals surface area (Å²) in [6.07, 6.45) is 1.23. The zero-order valence-corrected chi connectivity index (χ0v) is 11.6. The maximum atomic E-state index is 12.1. The van der Waals surface area contributed by atoms with Crippen LogP contribution < -0.4 is 10.5 Å². The molecule has 0 saturated carbocycles. The number of rotatable bonds is 6. The summed E-state index contributed by atoms with van der Waals surface area (Å²) in [5, 5.41) is 0. The third-order valence-electron chi connectivity index (χ3n) is 3.34. The highest BCUT2D eigenvalue weighted by Gasteiger charge is 2.41. The first kappa shape index (κ1) is 14.8. The Labute approximate surface area is 104 Å². The number of nitrogens with two attached hydrogens (primary N) is 1. The van der Waals surface area contributed by atoms with Gasteiger partial charge in [-0.15, -0.1) is 0 Å². The fraction of sp³-hybridized carbons (Fsp3) is 1.00. The standard InChI is InChI=1S/C10H23N3O3S/c1-9-10(2,5-8-16-9)12-17(14,15)13(3)7-4-6-11/h9,12H,4-8,11H2,1-3H3. The molecule has 102 valence electrons. The van der Waals surface area contributed by atoms with E-state index in [1.807, 2.05) is 13.8 Å². The van der Waals surface area contributed by atoms with Gasteiger partial charge in [0.25, 0.3) is 10.2 Å². The van der Waals surface area contributed by atoms with Crippen molar-refractivity contribution in [1.82, 2.24) is 9.03 Å². The predicted octanol–water partition coefficient (Wildman–Crippen LogP) is -0.331. The zero-order valence-electron chi connectivity index (χ0n) is 10.8. The highest BCUT2D eigenvalue weighted by molar-refractivity contribution is 7.87. The van der Waals surface area contributed by atoms with Crippen molar-refractivity contribution in [2.75, 3.05) is 26.7 Å². The smallest absolute Gasteiger partial charge is 0.279 e. The van der Waals surface area contributed by atoms with Gasteiger partial charge in [0, 0.05) is 20.2 Å². The fourth-order valence-electron chi connectivity index (χ4n) is 1.78. The summed E-state index contributed by atoms with van der Waals surface area (Å²) >= 11 is 0. The van der Waals surface area contributed by atoms with E-state index >= 15 is 0 Å². The molecule has 1 aliphatic heterocycles. The van der Waals surface area contributed by atoms with Crippen molar-refractivity contribution in [3.8, 4) is 0 Å². The van der Waals surface area contributed by atoms with Gasteiger partial charge >= 0.3 is 0 Å². The Morgan fingerprint density at radius 1 is 1.59 bits per heavy atom. The molecule has 6 nitrogen and oxygen atoms in total. The summed E-state index contributed by atoms with van der Waals surface area (Å²) in [5.74, 6) is 0. The van der Waals surface area contributed by atoms with E-state index in [2.05, 4.69) is 4.72 Å². The Balaban J connectivity index is 2.65. The van der Waals surface area contributed by atoms with Crippen LogP contribution in [0.25, 0.3) is 0 Å². The van der Waals surface area contributed by atoms with Crippen LogP contribution in [0.4, 0.5) is 0 Å². The van der Waals surface area contributed by atoms with Gasteiger partial charge < -0.3 is 10.5 Å². The van der Waals surface area contributed by atoms with E-state index < -0.39 is 15.7 Å². The number of ether oxygens (including phenoxy) is 1. The van der Waals surface area contributed by atoms with Crippen LogP contribution in [0.1, 0.15) is 26.7 Å². The van der Waals surface area contributed by atoms with E-state index in [0.717, 1.165) is 0 Å². The minimum absolute atomic E-state index is 0.111. The topological polar surface area (TPSA) is 84.7 Å². The molecule has 1 aliphatic rings. The highest BCUT2D eigenvalue weighted by Crippen LogP contribution is 2.26. The molecule has 1 fully saturated rings. The van der Waals surface area contributed by atoms with Crippen molar-refractivity contribution < 1.29 is 13.2 Å². The molecule has 1 saturated heterocycles. The van der Waals surface area contributed by atoms with Gasteiger partial charge in [-0.25, -0.2) is 0 Å². The Morgan fingerprint density at radius 3 is 2.71 bits per heavy atom. The minimum atomic E-state index is -3.46. The molecular formula is C10H23N3O3S. The second kappa shape index (κ2) is 5.62. The average Bonchev–Trinajstić information content (AvgIpc) is 2.54. The summed E-state index contributed by atoms with van der Waals surface area (Å²) < 4.78 is 33.6. The molecule has 1 rings (SSSR count). The second-order valence-electron chi connectivity index (χ2n) is 4.75. The molecule has 0 aromatic rings. The van der Waals surface area contributed by atoms with Crippen LogP contribution >= 0.6 is 0 Å². The van der Waals surface area contributed by atoms with Gasteiger partial charge in [-0.1, -0.05) is 0 Å². The van der Waals surface area contributed by atoms with Gasteiger partial charge in [-0.3, -0.25) is 0 Å². The van der Waals surface area contributed by atoms with E-state index in [1.165, 1.54) is 4.31 Å². The van der Waals surface area contributed by atoms with Crippen LogP contribution in [-0.2, 0) is 14.9 Å². The number of nitrogens with zero attached hydrogens (tertiary/aromatic N) is 1. The van der Waals surface area contributed by atoms with Gasteiger partial charge in [-0.2, -0.15) is 17.4 Å². The monoisotopic (exact) mass is 265 g/mol. The number of nitrogens with one attached hydrogen (secondary N) is 1. The van der Waals surface area contributed by atoms with Gasteiger partial charge in [0.1, 0.15) is 0 Å². The van der Waals surface area contributed by atoms with Crippen LogP contribution in [-0.4, -0.2) is 51.1 Å². The molecular weight excluding hydrogens is 242 g/mol. The van der Waals surface area contributed by atoms with Crippen molar-refractivity contribution >= 4 is 10.2 Å². The van der Waals surface area contributed by atoms with Crippen molar-refractivity contribution in [3.63, 3.8) is 0 Å². The van der Waals surface area contributed by atoms with Crippen LogP contribution in [0.5, 0.6) is 0 Å². The third kappa shape index (κ3) is 3.62. The second-order valence-corrected chi connectivity index (χ2v) is 6.53. The molecule has 2 unspecified atom stereocenters. The molecule has 0 bridgehead atoms. The van der Waals surface area contributed by atoms with Crippen LogP contribution in [0.3, 0.4) is 0 Å². The molecule has 7 heteroatoms. The van der Waals surface area contributed by atoms with Crippen molar-refractivity contribution in [2.24, 2.45) is 5.73 Å². The molecule has 1 heterocycles. The summed E-state index contributed by atoms with van der Waals surface area (Å²) in [7, 11) is -1.90. The summed E-state index contributed by atoms with van der Waals surface area (Å²) in [6.45, 7) is 5.26. The molecule has 17 heavy (non-hydrogen) atoms. The largest absolute Gasteiger partial charge is 0.376 e. The normalized spacial score (nSPS) is 30.1. The summed E-state index contributed by atoms with van der Waals surface area (Å²) in [4.78, 5) is 0. The first-order valence-electron chi connectivity index (χ1n) is 5.89. The van der Waals surface area contributed by atoms with E-state index in [-0.39, 0.29) is 6.10 Å². The number of hydrogen-bond donors (Lipinski definition) is 2. The van der Waals surface area contributed by atoms with Crippen LogP contribution in [0.2, 0.25) is 0 Å². The Kier molecular flexibility index (Phi) is 4.91. The highest BCUT2D eigenvalue weighted by atomic mass is 32.2. The molecule has 0 radical (unpaired) electrons. The van der Waals surface area contributed by atoms with E-state index in [0.29, 0.717) is 32.5 Å². The van der Waals surface area contributed by atoms with Gasteiger partial charge in [-0.05, 0) is 33.2 Å². The Bertz CT molecular complexity index is 347. The molecule has 0 spiro atoms. The van der Waals surface area contributed by atoms with Gasteiger partial charge in [0.15, 0.2) is 0 Å². The predicted molar refractivity (Wildman–Crippen MR) is 66.8 cm³/mol. The summed E-state index contributed by atoms with van der Waals surface area (Å²) in [5.41, 5.74) is 4.85. The molecule has 0 aromatic carbocycles. The minimum Gasteiger partial charge on any atom is -0.376 e.